The van der Waals surface area contributed by atoms with Crippen molar-refractivity contribution < 1.29 is 0 Å². The molecule has 220 valence electrons. The molecule has 0 nitrogen and oxygen atoms in total. The van der Waals surface area contributed by atoms with E-state index in [-0.39, 0.29) is 0 Å². The zero-order valence-electron chi connectivity index (χ0n) is 26.2. The van der Waals surface area contributed by atoms with Crippen molar-refractivity contribution in [3.63, 3.8) is 0 Å². The summed E-state index contributed by atoms with van der Waals surface area (Å²) in [6.07, 6.45) is 53.9. The SMILES string of the molecule is CCCCCCCC/C=C\CCCCCCCC/C=C/CCCCCCCCCCCCCCCCC. The van der Waals surface area contributed by atoms with Gasteiger partial charge in [0.25, 0.3) is 0 Å². The van der Waals surface area contributed by atoms with E-state index in [1.54, 1.807) is 0 Å². The Labute approximate surface area is 236 Å². The minimum absolute atomic E-state index is 1.30. The molecule has 37 heavy (non-hydrogen) atoms. The minimum Gasteiger partial charge on any atom is -0.0885 e. The van der Waals surface area contributed by atoms with E-state index in [0.717, 1.165) is 0 Å². The highest BCUT2D eigenvalue weighted by molar-refractivity contribution is 4.82. The Morgan fingerprint density at radius 3 is 0.568 bits per heavy atom. The van der Waals surface area contributed by atoms with Gasteiger partial charge in [0.15, 0.2) is 0 Å². The summed E-state index contributed by atoms with van der Waals surface area (Å²) in [5.74, 6) is 0. The fourth-order valence-corrected chi connectivity index (χ4v) is 5.38. The predicted molar refractivity (Wildman–Crippen MR) is 173 cm³/mol. The molecule has 0 heteroatoms. The quantitative estimate of drug-likeness (QED) is 0.0616. The molecule has 0 spiro atoms. The van der Waals surface area contributed by atoms with E-state index in [1.165, 1.54) is 199 Å². The molecule has 0 N–H and O–H groups in total. The van der Waals surface area contributed by atoms with Crippen molar-refractivity contribution in [2.75, 3.05) is 0 Å². The van der Waals surface area contributed by atoms with Crippen LogP contribution >= 0.6 is 0 Å². The van der Waals surface area contributed by atoms with E-state index in [9.17, 15) is 0 Å². The Morgan fingerprint density at radius 2 is 0.378 bits per heavy atom. The topological polar surface area (TPSA) is 0 Å². The Balaban J connectivity index is 3.12. The largest absolute Gasteiger partial charge is 0.0885 e. The average Bonchev–Trinajstić information content (AvgIpc) is 2.91. The molecule has 0 saturated heterocycles. The Kier molecular flexibility index (Phi) is 35.0. The van der Waals surface area contributed by atoms with Crippen LogP contribution in [0, 0.1) is 0 Å². The maximum Gasteiger partial charge on any atom is -0.0351 e. The highest BCUT2D eigenvalue weighted by Crippen LogP contribution is 2.14. The van der Waals surface area contributed by atoms with Crippen LogP contribution < -0.4 is 0 Å². The molecule has 0 aromatic rings. The van der Waals surface area contributed by atoms with Crippen LogP contribution in [0.2, 0.25) is 0 Å². The zero-order valence-corrected chi connectivity index (χ0v) is 26.2. The summed E-state index contributed by atoms with van der Waals surface area (Å²) in [6, 6.07) is 0. The summed E-state index contributed by atoms with van der Waals surface area (Å²) < 4.78 is 0. The second-order valence-electron chi connectivity index (χ2n) is 11.9. The molecule has 0 aromatic heterocycles. The number of hydrogen-bond donors (Lipinski definition) is 0. The van der Waals surface area contributed by atoms with Gasteiger partial charge in [-0.3, -0.25) is 0 Å². The Hall–Kier alpha value is -0.520. The van der Waals surface area contributed by atoms with Crippen LogP contribution in [-0.2, 0) is 0 Å². The number of hydrogen-bond acceptors (Lipinski definition) is 0. The average molecular weight is 517 g/mol. The molecule has 0 aliphatic carbocycles. The van der Waals surface area contributed by atoms with Crippen LogP contribution in [0.4, 0.5) is 0 Å². The third kappa shape index (κ3) is 35.5. The van der Waals surface area contributed by atoms with Gasteiger partial charge in [0, 0.05) is 0 Å². The van der Waals surface area contributed by atoms with E-state index < -0.39 is 0 Å². The lowest BCUT2D eigenvalue weighted by Crippen LogP contribution is -1.83. The molecule has 0 fully saturated rings. The second-order valence-corrected chi connectivity index (χ2v) is 11.9. The summed E-state index contributed by atoms with van der Waals surface area (Å²) >= 11 is 0. The molecule has 0 aliphatic heterocycles. The van der Waals surface area contributed by atoms with Crippen molar-refractivity contribution in [2.24, 2.45) is 0 Å². The van der Waals surface area contributed by atoms with Gasteiger partial charge < -0.3 is 0 Å². The molecule has 0 atom stereocenters. The smallest absolute Gasteiger partial charge is 0.0351 e. The molecule has 0 amide bonds. The second kappa shape index (κ2) is 35.5. The van der Waals surface area contributed by atoms with E-state index in [2.05, 4.69) is 38.2 Å². The van der Waals surface area contributed by atoms with Gasteiger partial charge in [-0.15, -0.1) is 0 Å². The van der Waals surface area contributed by atoms with Crippen LogP contribution in [0.1, 0.15) is 213 Å². The fraction of sp³-hybridized carbons (Fsp3) is 0.892. The first-order valence-electron chi connectivity index (χ1n) is 17.7. The molecule has 0 heterocycles. The number of unbranched alkanes of at least 4 members (excludes halogenated alkanes) is 28. The van der Waals surface area contributed by atoms with Crippen molar-refractivity contribution in [3.05, 3.63) is 24.3 Å². The van der Waals surface area contributed by atoms with E-state index in [4.69, 9.17) is 0 Å². The van der Waals surface area contributed by atoms with Crippen molar-refractivity contribution in [3.8, 4) is 0 Å². The van der Waals surface area contributed by atoms with E-state index in [0.29, 0.717) is 0 Å². The highest BCUT2D eigenvalue weighted by atomic mass is 14.0. The molecule has 0 aliphatic rings. The monoisotopic (exact) mass is 517 g/mol. The van der Waals surface area contributed by atoms with Crippen molar-refractivity contribution in [1.82, 2.24) is 0 Å². The normalized spacial score (nSPS) is 11.9. The Bertz CT molecular complexity index is 431. The van der Waals surface area contributed by atoms with Gasteiger partial charge in [-0.05, 0) is 51.4 Å². The van der Waals surface area contributed by atoms with Crippen molar-refractivity contribution in [1.29, 1.82) is 0 Å². The van der Waals surface area contributed by atoms with Gasteiger partial charge in [-0.2, -0.15) is 0 Å². The summed E-state index contributed by atoms with van der Waals surface area (Å²) in [4.78, 5) is 0. The van der Waals surface area contributed by atoms with Gasteiger partial charge in [-0.25, -0.2) is 0 Å². The van der Waals surface area contributed by atoms with Crippen molar-refractivity contribution >= 4 is 0 Å². The molecule has 0 bridgehead atoms. The summed E-state index contributed by atoms with van der Waals surface area (Å²) in [5, 5.41) is 0. The van der Waals surface area contributed by atoms with Gasteiger partial charge in [0.2, 0.25) is 0 Å². The first-order chi connectivity index (χ1) is 18.4. The van der Waals surface area contributed by atoms with Gasteiger partial charge in [-0.1, -0.05) is 186 Å². The van der Waals surface area contributed by atoms with Gasteiger partial charge in [0.05, 0.1) is 0 Å². The molecular weight excluding hydrogens is 444 g/mol. The number of allylic oxidation sites excluding steroid dienone is 4. The lowest BCUT2D eigenvalue weighted by Gasteiger charge is -2.03. The third-order valence-electron chi connectivity index (χ3n) is 8.02. The van der Waals surface area contributed by atoms with Gasteiger partial charge >= 0.3 is 0 Å². The molecular formula is C37H72. The zero-order chi connectivity index (χ0) is 26.7. The van der Waals surface area contributed by atoms with Gasteiger partial charge in [0.1, 0.15) is 0 Å². The summed E-state index contributed by atoms with van der Waals surface area (Å²) in [5.41, 5.74) is 0. The van der Waals surface area contributed by atoms with Crippen molar-refractivity contribution in [2.45, 2.75) is 213 Å². The molecule has 0 radical (unpaired) electrons. The summed E-state index contributed by atoms with van der Waals surface area (Å²) in [6.45, 7) is 4.60. The van der Waals surface area contributed by atoms with E-state index in [1.807, 2.05) is 0 Å². The highest BCUT2D eigenvalue weighted by Gasteiger charge is 1.95. The molecule has 0 saturated carbocycles. The minimum atomic E-state index is 1.30. The molecule has 0 rings (SSSR count). The first-order valence-corrected chi connectivity index (χ1v) is 17.7. The standard InChI is InChI=1S/C37H72/c1-3-5-7-9-11-13-15-17-19-21-23-25-27-29-31-33-35-37-36-34-32-30-28-26-24-22-20-18-16-14-12-10-8-6-4-2/h17,19,36-37H,3-16,18,20-35H2,1-2H3/b19-17-,37-36+. The maximum absolute atomic E-state index is 2.46. The first kappa shape index (κ1) is 36.5. The summed E-state index contributed by atoms with van der Waals surface area (Å²) in [7, 11) is 0. The van der Waals surface area contributed by atoms with Crippen LogP contribution in [0.25, 0.3) is 0 Å². The molecule has 0 unspecified atom stereocenters. The molecule has 0 aromatic carbocycles. The van der Waals surface area contributed by atoms with Crippen LogP contribution in [-0.4, -0.2) is 0 Å². The number of rotatable bonds is 32. The Morgan fingerprint density at radius 1 is 0.216 bits per heavy atom. The van der Waals surface area contributed by atoms with Crippen LogP contribution in [0.5, 0.6) is 0 Å². The fourth-order valence-electron chi connectivity index (χ4n) is 5.38. The third-order valence-corrected chi connectivity index (χ3v) is 8.02. The lowest BCUT2D eigenvalue weighted by atomic mass is 10.0. The lowest BCUT2D eigenvalue weighted by molar-refractivity contribution is 0.533. The van der Waals surface area contributed by atoms with Crippen LogP contribution in [0.15, 0.2) is 24.3 Å². The predicted octanol–water partition coefficient (Wildman–Crippen LogP) is 14.2. The maximum atomic E-state index is 2.46. The van der Waals surface area contributed by atoms with Crippen LogP contribution in [0.3, 0.4) is 0 Å². The van der Waals surface area contributed by atoms with E-state index >= 15 is 0 Å².